The highest BCUT2D eigenvalue weighted by Gasteiger charge is 2.25. The highest BCUT2D eigenvalue weighted by atomic mass is 16.7. The Labute approximate surface area is 84.8 Å². The molecule has 0 saturated carbocycles. The van der Waals surface area contributed by atoms with Crippen LogP contribution in [0.5, 0.6) is 0 Å². The van der Waals surface area contributed by atoms with Crippen molar-refractivity contribution in [2.45, 2.75) is 38.8 Å². The number of benzene rings is 1. The Morgan fingerprint density at radius 3 is 2.43 bits per heavy atom. The number of rotatable bonds is 1. The molecule has 0 aromatic heterocycles. The highest BCUT2D eigenvalue weighted by molar-refractivity contribution is 5.17. The van der Waals surface area contributed by atoms with Crippen LogP contribution in [0, 0.1) is 0 Å². The molecular formula is C12H16O2. The van der Waals surface area contributed by atoms with Crippen LogP contribution in [-0.4, -0.2) is 12.4 Å². The molecule has 0 N–H and O–H groups in total. The lowest BCUT2D eigenvalue weighted by molar-refractivity contribution is -0.231. The summed E-state index contributed by atoms with van der Waals surface area (Å²) in [4.78, 5) is 0. The molecule has 76 valence electrons. The molecule has 0 radical (unpaired) electrons. The van der Waals surface area contributed by atoms with Gasteiger partial charge in [0.15, 0.2) is 6.29 Å². The predicted molar refractivity (Wildman–Crippen MR) is 54.9 cm³/mol. The van der Waals surface area contributed by atoms with E-state index >= 15 is 0 Å². The van der Waals surface area contributed by atoms with Gasteiger partial charge in [0, 0.05) is 6.42 Å². The second-order valence-electron chi connectivity index (χ2n) is 3.79. The normalized spacial score (nSPS) is 32.9. The van der Waals surface area contributed by atoms with Gasteiger partial charge in [-0.25, -0.2) is 0 Å². The van der Waals surface area contributed by atoms with Gasteiger partial charge < -0.3 is 9.47 Å². The third-order valence-electron chi connectivity index (χ3n) is 2.50. The van der Waals surface area contributed by atoms with E-state index < -0.39 is 0 Å². The van der Waals surface area contributed by atoms with Crippen molar-refractivity contribution in [3.8, 4) is 0 Å². The zero-order valence-corrected chi connectivity index (χ0v) is 8.64. The molecule has 2 heteroatoms. The maximum absolute atomic E-state index is 5.72. The van der Waals surface area contributed by atoms with Crippen molar-refractivity contribution < 1.29 is 9.47 Å². The van der Waals surface area contributed by atoms with Crippen LogP contribution in [0.4, 0.5) is 0 Å². The summed E-state index contributed by atoms with van der Waals surface area (Å²) in [5, 5.41) is 0. The molecule has 14 heavy (non-hydrogen) atoms. The lowest BCUT2D eigenvalue weighted by Crippen LogP contribution is -2.30. The van der Waals surface area contributed by atoms with Crippen molar-refractivity contribution in [3.63, 3.8) is 0 Å². The van der Waals surface area contributed by atoms with Gasteiger partial charge in [0.2, 0.25) is 0 Å². The Morgan fingerprint density at radius 2 is 1.79 bits per heavy atom. The van der Waals surface area contributed by atoms with E-state index in [1.807, 2.05) is 25.1 Å². The van der Waals surface area contributed by atoms with Crippen LogP contribution in [0.25, 0.3) is 0 Å². The van der Waals surface area contributed by atoms with Crippen LogP contribution in [0.15, 0.2) is 30.3 Å². The Balaban J connectivity index is 2.11. The van der Waals surface area contributed by atoms with Crippen LogP contribution in [-0.2, 0) is 9.47 Å². The van der Waals surface area contributed by atoms with Crippen LogP contribution >= 0.6 is 0 Å². The van der Waals surface area contributed by atoms with Crippen LogP contribution < -0.4 is 0 Å². The second kappa shape index (κ2) is 4.11. The minimum Gasteiger partial charge on any atom is -0.350 e. The minimum absolute atomic E-state index is 0.0936. The first-order valence-corrected chi connectivity index (χ1v) is 5.11. The average molecular weight is 192 g/mol. The predicted octanol–water partition coefficient (Wildman–Crippen LogP) is 2.90. The SMILES string of the molecule is C[C@@H]1O[C@@H](C)C[C@H](c2ccccc2)O1. The molecule has 1 aliphatic rings. The van der Waals surface area contributed by atoms with Crippen molar-refractivity contribution in [1.29, 1.82) is 0 Å². The molecule has 0 aliphatic carbocycles. The lowest BCUT2D eigenvalue weighted by Gasteiger charge is -2.32. The van der Waals surface area contributed by atoms with E-state index in [1.165, 1.54) is 5.56 Å². The van der Waals surface area contributed by atoms with Gasteiger partial charge in [0.25, 0.3) is 0 Å². The molecule has 1 aromatic rings. The summed E-state index contributed by atoms with van der Waals surface area (Å²) < 4.78 is 11.2. The van der Waals surface area contributed by atoms with E-state index in [2.05, 4.69) is 19.1 Å². The molecule has 1 fully saturated rings. The van der Waals surface area contributed by atoms with E-state index in [1.54, 1.807) is 0 Å². The van der Waals surface area contributed by atoms with Crippen molar-refractivity contribution in [3.05, 3.63) is 35.9 Å². The zero-order chi connectivity index (χ0) is 9.97. The summed E-state index contributed by atoms with van der Waals surface area (Å²) in [5.41, 5.74) is 1.24. The maximum atomic E-state index is 5.72. The quantitative estimate of drug-likeness (QED) is 0.681. The summed E-state index contributed by atoms with van der Waals surface area (Å²) in [5.74, 6) is 0. The molecule has 2 rings (SSSR count). The Hall–Kier alpha value is -0.860. The van der Waals surface area contributed by atoms with Crippen LogP contribution in [0.3, 0.4) is 0 Å². The maximum Gasteiger partial charge on any atom is 0.155 e. The molecule has 2 nitrogen and oxygen atoms in total. The van der Waals surface area contributed by atoms with Gasteiger partial charge in [-0.05, 0) is 19.4 Å². The largest absolute Gasteiger partial charge is 0.350 e. The molecule has 1 heterocycles. The highest BCUT2D eigenvalue weighted by Crippen LogP contribution is 2.30. The van der Waals surface area contributed by atoms with Crippen LogP contribution in [0.1, 0.15) is 31.9 Å². The van der Waals surface area contributed by atoms with Crippen molar-refractivity contribution in [1.82, 2.24) is 0 Å². The van der Waals surface area contributed by atoms with Gasteiger partial charge in [-0.15, -0.1) is 0 Å². The molecule has 3 atom stereocenters. The topological polar surface area (TPSA) is 18.5 Å². The van der Waals surface area contributed by atoms with Gasteiger partial charge in [-0.3, -0.25) is 0 Å². The first kappa shape index (κ1) is 9.69. The van der Waals surface area contributed by atoms with Crippen molar-refractivity contribution in [2.24, 2.45) is 0 Å². The molecule has 1 aliphatic heterocycles. The molecule has 1 aromatic carbocycles. The van der Waals surface area contributed by atoms with E-state index in [0.717, 1.165) is 6.42 Å². The summed E-state index contributed by atoms with van der Waals surface area (Å²) in [7, 11) is 0. The third-order valence-corrected chi connectivity index (χ3v) is 2.50. The number of ether oxygens (including phenoxy) is 2. The fourth-order valence-corrected chi connectivity index (χ4v) is 1.89. The monoisotopic (exact) mass is 192 g/mol. The molecule has 0 amide bonds. The van der Waals surface area contributed by atoms with E-state index in [-0.39, 0.29) is 18.5 Å². The fourth-order valence-electron chi connectivity index (χ4n) is 1.89. The number of hydrogen-bond donors (Lipinski definition) is 0. The summed E-state index contributed by atoms with van der Waals surface area (Å²) in [6.45, 7) is 4.04. The molecule has 0 bridgehead atoms. The Kier molecular flexibility index (Phi) is 2.85. The standard InChI is InChI=1S/C12H16O2/c1-9-8-12(14-10(2)13-9)11-6-4-3-5-7-11/h3-7,9-10,12H,8H2,1-2H3/t9-,10+,12+/m0/s1. The first-order chi connectivity index (χ1) is 6.75. The van der Waals surface area contributed by atoms with Gasteiger partial charge in [0.05, 0.1) is 12.2 Å². The van der Waals surface area contributed by atoms with E-state index in [9.17, 15) is 0 Å². The zero-order valence-electron chi connectivity index (χ0n) is 8.64. The van der Waals surface area contributed by atoms with Crippen molar-refractivity contribution in [2.75, 3.05) is 0 Å². The smallest absolute Gasteiger partial charge is 0.155 e. The first-order valence-electron chi connectivity index (χ1n) is 5.11. The average Bonchev–Trinajstić information content (AvgIpc) is 2.18. The third kappa shape index (κ3) is 2.14. The number of hydrogen-bond acceptors (Lipinski definition) is 2. The minimum atomic E-state index is -0.0936. The van der Waals surface area contributed by atoms with E-state index in [0.29, 0.717) is 0 Å². The molecule has 0 unspecified atom stereocenters. The lowest BCUT2D eigenvalue weighted by atomic mass is 10.0. The summed E-state index contributed by atoms with van der Waals surface area (Å²) in [6, 6.07) is 10.3. The summed E-state index contributed by atoms with van der Waals surface area (Å²) >= 11 is 0. The van der Waals surface area contributed by atoms with Gasteiger partial charge in [0.1, 0.15) is 0 Å². The Morgan fingerprint density at radius 1 is 1.07 bits per heavy atom. The van der Waals surface area contributed by atoms with Crippen LogP contribution in [0.2, 0.25) is 0 Å². The van der Waals surface area contributed by atoms with Crippen molar-refractivity contribution >= 4 is 0 Å². The van der Waals surface area contributed by atoms with Gasteiger partial charge in [-0.1, -0.05) is 30.3 Å². The van der Waals surface area contributed by atoms with Gasteiger partial charge in [-0.2, -0.15) is 0 Å². The molecule has 0 spiro atoms. The van der Waals surface area contributed by atoms with E-state index in [4.69, 9.17) is 9.47 Å². The second-order valence-corrected chi connectivity index (χ2v) is 3.79. The fraction of sp³-hybridized carbons (Fsp3) is 0.500. The van der Waals surface area contributed by atoms with Gasteiger partial charge >= 0.3 is 0 Å². The summed E-state index contributed by atoms with van der Waals surface area (Å²) in [6.07, 6.45) is 1.32. The molecular weight excluding hydrogens is 176 g/mol. The Bertz CT molecular complexity index is 274. The molecule has 1 saturated heterocycles.